The molecule has 2 aromatic carbocycles. The second-order valence-electron chi connectivity index (χ2n) is 8.04. The van der Waals surface area contributed by atoms with E-state index in [2.05, 4.69) is 46.3 Å². The van der Waals surface area contributed by atoms with Crippen LogP contribution >= 0.6 is 0 Å². The van der Waals surface area contributed by atoms with Crippen molar-refractivity contribution in [2.24, 2.45) is 5.92 Å². The third-order valence-electron chi connectivity index (χ3n) is 6.67. The molecule has 3 aromatic rings. The van der Waals surface area contributed by atoms with Gasteiger partial charge in [0.25, 0.3) is 0 Å². The van der Waals surface area contributed by atoms with E-state index in [0.717, 1.165) is 36.9 Å². The summed E-state index contributed by atoms with van der Waals surface area (Å²) >= 11 is 0. The fourth-order valence-corrected chi connectivity index (χ4v) is 5.39. The Bertz CT molecular complexity index is 936. The first kappa shape index (κ1) is 16.8. The summed E-state index contributed by atoms with van der Waals surface area (Å²) in [6.45, 7) is 0.863. The molecular formula is C24H26N2O. The molecular weight excluding hydrogens is 332 g/mol. The number of anilines is 1. The lowest BCUT2D eigenvalue weighted by Crippen LogP contribution is -2.57. The average Bonchev–Trinajstić information content (AvgIpc) is 2.75. The number of piperidine rings is 1. The van der Waals surface area contributed by atoms with Gasteiger partial charge < -0.3 is 10.0 Å². The maximum absolute atomic E-state index is 11.8. The van der Waals surface area contributed by atoms with Crippen LogP contribution in [0.4, 0.5) is 5.69 Å². The van der Waals surface area contributed by atoms with Gasteiger partial charge in [-0.15, -0.1) is 0 Å². The first-order valence-corrected chi connectivity index (χ1v) is 10.2. The Morgan fingerprint density at radius 1 is 0.926 bits per heavy atom. The number of fused-ring (bicyclic) bond motifs is 2. The highest BCUT2D eigenvalue weighted by Gasteiger charge is 2.49. The standard InChI is InChI=1S/C24H26N2O/c27-24(19-10-2-1-3-11-19)15-17-26(21-13-5-4-12-20(21)24)22-14-6-8-18-9-7-16-25-23(18)22/h1-3,6-11,14,16,20-21,27H,4-5,12-13,15,17H2/t20-,21+,24?/m0/s1. The van der Waals surface area contributed by atoms with E-state index in [-0.39, 0.29) is 5.92 Å². The molecule has 1 aliphatic carbocycles. The fourth-order valence-electron chi connectivity index (χ4n) is 5.39. The van der Waals surface area contributed by atoms with Crippen LogP contribution < -0.4 is 4.90 Å². The van der Waals surface area contributed by atoms with E-state index in [9.17, 15) is 5.11 Å². The highest BCUT2D eigenvalue weighted by Crippen LogP contribution is 2.48. The summed E-state index contributed by atoms with van der Waals surface area (Å²) in [5.74, 6) is 0.265. The van der Waals surface area contributed by atoms with E-state index < -0.39 is 5.60 Å². The molecule has 1 aromatic heterocycles. The molecule has 1 unspecified atom stereocenters. The first-order chi connectivity index (χ1) is 13.3. The number of nitrogens with zero attached hydrogens (tertiary/aromatic N) is 2. The predicted molar refractivity (Wildman–Crippen MR) is 110 cm³/mol. The highest BCUT2D eigenvalue weighted by molar-refractivity contribution is 5.90. The molecule has 1 saturated carbocycles. The van der Waals surface area contributed by atoms with Crippen molar-refractivity contribution in [3.8, 4) is 0 Å². The van der Waals surface area contributed by atoms with Crippen LogP contribution in [0.5, 0.6) is 0 Å². The minimum Gasteiger partial charge on any atom is -0.385 e. The third kappa shape index (κ3) is 2.72. The lowest BCUT2D eigenvalue weighted by Gasteiger charge is -2.53. The van der Waals surface area contributed by atoms with Crippen LogP contribution in [0, 0.1) is 5.92 Å². The maximum atomic E-state index is 11.8. The van der Waals surface area contributed by atoms with E-state index in [1.807, 2.05) is 30.5 Å². The van der Waals surface area contributed by atoms with Crippen molar-refractivity contribution in [3.05, 3.63) is 72.4 Å². The molecule has 0 bridgehead atoms. The lowest BCUT2D eigenvalue weighted by molar-refractivity contribution is -0.0688. The average molecular weight is 358 g/mol. The van der Waals surface area contributed by atoms with Gasteiger partial charge in [0.1, 0.15) is 0 Å². The molecule has 27 heavy (non-hydrogen) atoms. The van der Waals surface area contributed by atoms with Gasteiger partial charge in [-0.3, -0.25) is 4.98 Å². The topological polar surface area (TPSA) is 36.4 Å². The normalized spacial score (nSPS) is 28.1. The van der Waals surface area contributed by atoms with Gasteiger partial charge in [-0.1, -0.05) is 61.4 Å². The fraction of sp³-hybridized carbons (Fsp3) is 0.375. The molecule has 1 aliphatic heterocycles. The van der Waals surface area contributed by atoms with Crippen molar-refractivity contribution >= 4 is 16.6 Å². The molecule has 2 aliphatic rings. The van der Waals surface area contributed by atoms with Crippen molar-refractivity contribution in [2.45, 2.75) is 43.7 Å². The summed E-state index contributed by atoms with van der Waals surface area (Å²) in [5.41, 5.74) is 2.66. The molecule has 0 spiro atoms. The van der Waals surface area contributed by atoms with E-state index in [0.29, 0.717) is 6.04 Å². The summed E-state index contributed by atoms with van der Waals surface area (Å²) in [6.07, 6.45) is 7.32. The van der Waals surface area contributed by atoms with Crippen LogP contribution in [-0.4, -0.2) is 22.7 Å². The molecule has 5 rings (SSSR count). The molecule has 1 saturated heterocycles. The number of pyridine rings is 1. The van der Waals surface area contributed by atoms with Gasteiger partial charge in [0, 0.05) is 30.1 Å². The van der Waals surface area contributed by atoms with Gasteiger partial charge >= 0.3 is 0 Å². The molecule has 0 radical (unpaired) electrons. The molecule has 1 N–H and O–H groups in total. The van der Waals surface area contributed by atoms with Gasteiger partial charge in [-0.2, -0.15) is 0 Å². The second kappa shape index (κ2) is 6.65. The van der Waals surface area contributed by atoms with Crippen molar-refractivity contribution in [1.82, 2.24) is 4.98 Å². The third-order valence-corrected chi connectivity index (χ3v) is 6.67. The summed E-state index contributed by atoms with van der Waals surface area (Å²) in [7, 11) is 0. The predicted octanol–water partition coefficient (Wildman–Crippen LogP) is 4.89. The monoisotopic (exact) mass is 358 g/mol. The van der Waals surface area contributed by atoms with Gasteiger partial charge in [-0.05, 0) is 37.0 Å². The summed E-state index contributed by atoms with van der Waals surface area (Å²) in [5, 5.41) is 13.0. The largest absolute Gasteiger partial charge is 0.385 e. The summed E-state index contributed by atoms with van der Waals surface area (Å²) in [6, 6.07) is 21.3. The van der Waals surface area contributed by atoms with Crippen molar-refractivity contribution < 1.29 is 5.11 Å². The van der Waals surface area contributed by atoms with Crippen molar-refractivity contribution in [3.63, 3.8) is 0 Å². The molecule has 2 fully saturated rings. The molecule has 3 atom stereocenters. The van der Waals surface area contributed by atoms with E-state index >= 15 is 0 Å². The van der Waals surface area contributed by atoms with Gasteiger partial charge in [0.15, 0.2) is 0 Å². The highest BCUT2D eigenvalue weighted by atomic mass is 16.3. The molecule has 2 heterocycles. The number of aliphatic hydroxyl groups is 1. The zero-order valence-electron chi connectivity index (χ0n) is 15.6. The summed E-state index contributed by atoms with van der Waals surface area (Å²) in [4.78, 5) is 7.22. The minimum absolute atomic E-state index is 0.265. The van der Waals surface area contributed by atoms with E-state index in [1.165, 1.54) is 23.9 Å². The van der Waals surface area contributed by atoms with Crippen LogP contribution in [0.2, 0.25) is 0 Å². The zero-order valence-corrected chi connectivity index (χ0v) is 15.6. The Kier molecular flexibility index (Phi) is 4.13. The van der Waals surface area contributed by atoms with Crippen LogP contribution in [0.1, 0.15) is 37.7 Å². The second-order valence-corrected chi connectivity index (χ2v) is 8.04. The van der Waals surface area contributed by atoms with Crippen molar-refractivity contribution in [1.29, 1.82) is 0 Å². The number of aromatic nitrogens is 1. The maximum Gasteiger partial charge on any atom is 0.0961 e. The molecule has 3 nitrogen and oxygen atoms in total. The van der Waals surface area contributed by atoms with E-state index in [1.54, 1.807) is 0 Å². The Morgan fingerprint density at radius 3 is 2.63 bits per heavy atom. The van der Waals surface area contributed by atoms with Crippen LogP contribution in [0.3, 0.4) is 0 Å². The van der Waals surface area contributed by atoms with E-state index in [4.69, 9.17) is 0 Å². The molecule has 0 amide bonds. The number of benzene rings is 2. The minimum atomic E-state index is -0.721. The SMILES string of the molecule is OC1(c2ccccc2)CCN(c2cccc3cccnc23)[C@@H]2CCCC[C@@H]21. The Labute approximate surface area is 160 Å². The van der Waals surface area contributed by atoms with Gasteiger partial charge in [0.05, 0.1) is 16.8 Å². The number of rotatable bonds is 2. The first-order valence-electron chi connectivity index (χ1n) is 10.2. The summed E-state index contributed by atoms with van der Waals surface area (Å²) < 4.78 is 0. The smallest absolute Gasteiger partial charge is 0.0961 e. The number of para-hydroxylation sites is 1. The molecule has 3 heteroatoms. The Balaban J connectivity index is 1.57. The quantitative estimate of drug-likeness (QED) is 0.708. The molecule has 138 valence electrons. The van der Waals surface area contributed by atoms with Crippen LogP contribution in [0.15, 0.2) is 66.9 Å². The lowest BCUT2D eigenvalue weighted by atomic mass is 9.66. The van der Waals surface area contributed by atoms with Gasteiger partial charge in [-0.25, -0.2) is 0 Å². The van der Waals surface area contributed by atoms with Gasteiger partial charge in [0.2, 0.25) is 0 Å². The Morgan fingerprint density at radius 2 is 1.74 bits per heavy atom. The van der Waals surface area contributed by atoms with Crippen LogP contribution in [0.25, 0.3) is 10.9 Å². The Hall–Kier alpha value is -2.39. The van der Waals surface area contributed by atoms with Crippen LogP contribution in [-0.2, 0) is 5.60 Å². The number of hydrogen-bond donors (Lipinski definition) is 1. The van der Waals surface area contributed by atoms with Crippen molar-refractivity contribution in [2.75, 3.05) is 11.4 Å². The zero-order chi connectivity index (χ0) is 18.3. The number of hydrogen-bond acceptors (Lipinski definition) is 3.